The third-order valence-electron chi connectivity index (χ3n) is 4.48. The summed E-state index contributed by atoms with van der Waals surface area (Å²) in [5.74, 6) is -2.61. The van der Waals surface area contributed by atoms with Crippen molar-refractivity contribution in [3.63, 3.8) is 0 Å². The minimum Gasteiger partial charge on any atom is -0.480 e. The van der Waals surface area contributed by atoms with Crippen molar-refractivity contribution in [2.45, 2.75) is 25.3 Å². The molecule has 128 valence electrons. The molecule has 1 aromatic carbocycles. The molecule has 8 heteroatoms. The van der Waals surface area contributed by atoms with Crippen LogP contribution in [0.4, 0.5) is 5.69 Å². The van der Waals surface area contributed by atoms with Gasteiger partial charge in [0.05, 0.1) is 0 Å². The van der Waals surface area contributed by atoms with E-state index in [0.717, 1.165) is 0 Å². The maximum Gasteiger partial charge on any atom is 0.326 e. The molecule has 2 amide bonds. The van der Waals surface area contributed by atoms with Crippen molar-refractivity contribution in [3.8, 4) is 0 Å². The van der Waals surface area contributed by atoms with Gasteiger partial charge in [0.25, 0.3) is 0 Å². The summed E-state index contributed by atoms with van der Waals surface area (Å²) >= 11 is 11.9. The Labute approximate surface area is 148 Å². The van der Waals surface area contributed by atoms with E-state index in [1.807, 2.05) is 0 Å². The van der Waals surface area contributed by atoms with Crippen LogP contribution in [0.25, 0.3) is 0 Å². The van der Waals surface area contributed by atoms with Crippen LogP contribution < -0.4 is 4.90 Å². The zero-order chi connectivity index (χ0) is 17.4. The first-order valence-corrected chi connectivity index (χ1v) is 8.45. The summed E-state index contributed by atoms with van der Waals surface area (Å²) in [7, 11) is 0. The van der Waals surface area contributed by atoms with Crippen LogP contribution in [0.3, 0.4) is 0 Å². The van der Waals surface area contributed by atoms with Crippen LogP contribution in [-0.4, -0.2) is 46.9 Å². The van der Waals surface area contributed by atoms with Crippen LogP contribution >= 0.6 is 23.2 Å². The number of anilines is 1. The lowest BCUT2D eigenvalue weighted by Crippen LogP contribution is -2.45. The van der Waals surface area contributed by atoms with Gasteiger partial charge in [-0.15, -0.1) is 0 Å². The number of benzene rings is 1. The van der Waals surface area contributed by atoms with Gasteiger partial charge in [-0.25, -0.2) is 4.79 Å². The molecule has 24 heavy (non-hydrogen) atoms. The van der Waals surface area contributed by atoms with Crippen molar-refractivity contribution in [2.24, 2.45) is 5.92 Å². The number of likely N-dealkylation sites (tertiary alicyclic amines) is 1. The first-order chi connectivity index (χ1) is 11.4. The fourth-order valence-corrected chi connectivity index (χ4v) is 3.86. The summed E-state index contributed by atoms with van der Waals surface area (Å²) in [6.07, 6.45) is 1.41. The van der Waals surface area contributed by atoms with E-state index in [1.54, 1.807) is 18.2 Å². The number of aliphatic carboxylic acids is 1. The average molecular weight is 371 g/mol. The first kappa shape index (κ1) is 17.0. The quantitative estimate of drug-likeness (QED) is 0.828. The maximum absolute atomic E-state index is 12.6. The molecule has 2 fully saturated rings. The summed E-state index contributed by atoms with van der Waals surface area (Å²) in [4.78, 5) is 39.3. The number of carboxylic acid groups (broad SMARTS) is 1. The van der Waals surface area contributed by atoms with Crippen LogP contribution in [0.5, 0.6) is 0 Å². The molecule has 3 rings (SSSR count). The number of nitrogens with zero attached hydrogens (tertiary/aromatic N) is 2. The van der Waals surface area contributed by atoms with Gasteiger partial charge >= 0.3 is 5.97 Å². The summed E-state index contributed by atoms with van der Waals surface area (Å²) in [5, 5.41) is 10.0. The van der Waals surface area contributed by atoms with Crippen molar-refractivity contribution in [1.82, 2.24) is 4.90 Å². The number of carboxylic acids is 1. The first-order valence-electron chi connectivity index (χ1n) is 7.69. The maximum atomic E-state index is 12.6. The van der Waals surface area contributed by atoms with Gasteiger partial charge in [-0.05, 0) is 37.5 Å². The third-order valence-corrected chi connectivity index (χ3v) is 4.92. The number of halogens is 2. The van der Waals surface area contributed by atoms with E-state index in [9.17, 15) is 19.5 Å². The molecule has 0 bridgehead atoms. The topological polar surface area (TPSA) is 77.9 Å². The zero-order valence-corrected chi connectivity index (χ0v) is 14.3. The Morgan fingerprint density at radius 2 is 1.75 bits per heavy atom. The monoisotopic (exact) mass is 370 g/mol. The molecule has 2 unspecified atom stereocenters. The second kappa shape index (κ2) is 6.61. The van der Waals surface area contributed by atoms with Crippen LogP contribution in [0.15, 0.2) is 18.2 Å². The molecule has 0 radical (unpaired) electrons. The Morgan fingerprint density at radius 1 is 1.08 bits per heavy atom. The standard InChI is InChI=1S/C16H16Cl2N2O4/c17-9-6-10(18)8-11(7-9)19-5-3-12(14(19)21)15(22)20-4-1-2-13(20)16(23)24/h6-8,12-13H,1-5H2,(H,23,24). The van der Waals surface area contributed by atoms with E-state index in [4.69, 9.17) is 23.2 Å². The van der Waals surface area contributed by atoms with Crippen LogP contribution in [0.1, 0.15) is 19.3 Å². The second-order valence-electron chi connectivity index (χ2n) is 5.99. The largest absolute Gasteiger partial charge is 0.480 e. The Kier molecular flexibility index (Phi) is 4.69. The molecular weight excluding hydrogens is 355 g/mol. The number of carbonyl (C=O) groups excluding carboxylic acids is 2. The van der Waals surface area contributed by atoms with E-state index in [0.29, 0.717) is 48.1 Å². The highest BCUT2D eigenvalue weighted by molar-refractivity contribution is 6.35. The van der Waals surface area contributed by atoms with Gasteiger partial charge < -0.3 is 14.9 Å². The van der Waals surface area contributed by atoms with Crippen LogP contribution in [-0.2, 0) is 14.4 Å². The van der Waals surface area contributed by atoms with Gasteiger partial charge in [0.2, 0.25) is 11.8 Å². The summed E-state index contributed by atoms with van der Waals surface area (Å²) in [5.41, 5.74) is 0.545. The summed E-state index contributed by atoms with van der Waals surface area (Å²) < 4.78 is 0. The molecule has 2 aliphatic heterocycles. The van der Waals surface area contributed by atoms with E-state index in [-0.39, 0.29) is 5.91 Å². The molecule has 2 aliphatic rings. The van der Waals surface area contributed by atoms with Crippen molar-refractivity contribution in [1.29, 1.82) is 0 Å². The Balaban J connectivity index is 1.78. The summed E-state index contributed by atoms with van der Waals surface area (Å²) in [6, 6.07) is 3.97. The number of hydrogen-bond donors (Lipinski definition) is 1. The SMILES string of the molecule is O=C(O)C1CCCN1C(=O)C1CCN(c2cc(Cl)cc(Cl)c2)C1=O. The van der Waals surface area contributed by atoms with Crippen LogP contribution in [0, 0.1) is 5.92 Å². The van der Waals surface area contributed by atoms with Crippen molar-refractivity contribution in [3.05, 3.63) is 28.2 Å². The molecule has 1 N–H and O–H groups in total. The smallest absolute Gasteiger partial charge is 0.326 e. The number of amides is 2. The number of rotatable bonds is 3. The lowest BCUT2D eigenvalue weighted by atomic mass is 10.1. The molecular formula is C16H16Cl2N2O4. The molecule has 1 aromatic rings. The highest BCUT2D eigenvalue weighted by Crippen LogP contribution is 2.32. The highest BCUT2D eigenvalue weighted by Gasteiger charge is 2.44. The van der Waals surface area contributed by atoms with Crippen molar-refractivity contribution >= 4 is 46.7 Å². The fraction of sp³-hybridized carbons (Fsp3) is 0.438. The Hall–Kier alpha value is -1.79. The lowest BCUT2D eigenvalue weighted by molar-refractivity contribution is -0.151. The fourth-order valence-electron chi connectivity index (χ4n) is 3.35. The predicted octanol–water partition coefficient (Wildman–Crippen LogP) is 2.42. The Bertz CT molecular complexity index is 689. The second-order valence-corrected chi connectivity index (χ2v) is 6.86. The molecule has 2 heterocycles. The van der Waals surface area contributed by atoms with E-state index >= 15 is 0 Å². The molecule has 0 aliphatic carbocycles. The summed E-state index contributed by atoms with van der Waals surface area (Å²) in [6.45, 7) is 0.750. The molecule has 2 saturated heterocycles. The number of carbonyl (C=O) groups is 3. The van der Waals surface area contributed by atoms with E-state index < -0.39 is 23.8 Å². The van der Waals surface area contributed by atoms with Gasteiger partial charge in [-0.3, -0.25) is 9.59 Å². The van der Waals surface area contributed by atoms with Crippen LogP contribution in [0.2, 0.25) is 10.0 Å². The highest BCUT2D eigenvalue weighted by atomic mass is 35.5. The predicted molar refractivity (Wildman–Crippen MR) is 89.3 cm³/mol. The van der Waals surface area contributed by atoms with Gasteiger partial charge in [-0.2, -0.15) is 0 Å². The molecule has 0 saturated carbocycles. The van der Waals surface area contributed by atoms with E-state index in [1.165, 1.54) is 9.80 Å². The van der Waals surface area contributed by atoms with Crippen molar-refractivity contribution < 1.29 is 19.5 Å². The lowest BCUT2D eigenvalue weighted by Gasteiger charge is -2.24. The third kappa shape index (κ3) is 3.08. The van der Waals surface area contributed by atoms with Crippen molar-refractivity contribution in [2.75, 3.05) is 18.0 Å². The molecule has 0 spiro atoms. The van der Waals surface area contributed by atoms with Gasteiger partial charge in [-0.1, -0.05) is 23.2 Å². The minimum absolute atomic E-state index is 0.339. The normalized spacial score (nSPS) is 23.8. The van der Waals surface area contributed by atoms with Gasteiger partial charge in [0.1, 0.15) is 12.0 Å². The average Bonchev–Trinajstić information content (AvgIpc) is 3.12. The molecule has 6 nitrogen and oxygen atoms in total. The zero-order valence-electron chi connectivity index (χ0n) is 12.7. The number of hydrogen-bond acceptors (Lipinski definition) is 3. The molecule has 0 aromatic heterocycles. The minimum atomic E-state index is -1.02. The van der Waals surface area contributed by atoms with Gasteiger partial charge in [0.15, 0.2) is 0 Å². The van der Waals surface area contributed by atoms with Gasteiger partial charge in [0, 0.05) is 28.8 Å². The Morgan fingerprint density at radius 3 is 2.38 bits per heavy atom. The van der Waals surface area contributed by atoms with E-state index in [2.05, 4.69) is 0 Å². The molecule has 2 atom stereocenters.